The van der Waals surface area contributed by atoms with E-state index in [1.807, 2.05) is 61.5 Å². The fourth-order valence-electron chi connectivity index (χ4n) is 4.12. The molecule has 0 saturated heterocycles. The van der Waals surface area contributed by atoms with Gasteiger partial charge in [-0.1, -0.05) is 66.0 Å². The number of thiazole rings is 1. The number of methoxy groups -OCH3 is 1. The van der Waals surface area contributed by atoms with Gasteiger partial charge in [0.05, 0.1) is 36.1 Å². The molecule has 0 unspecified atom stereocenters. The standard InChI is InChI=1S/C28H28N2O5S/c1-5-34-25-20(15-11-16-21(25)33-4)24-23(27(32)35-6-2)18(3)29-28-30(24)26(31)22(36-28)17-10-14-19-12-8-7-9-13-19/h7-17,24H,5-6H2,1-4H3/b14-10+,22-17+/t24-/m0/s1. The van der Waals surface area contributed by atoms with E-state index in [-0.39, 0.29) is 12.2 Å². The molecule has 1 atom stereocenters. The van der Waals surface area contributed by atoms with Crippen LogP contribution in [-0.4, -0.2) is 30.9 Å². The zero-order valence-electron chi connectivity index (χ0n) is 20.7. The van der Waals surface area contributed by atoms with Gasteiger partial charge in [-0.2, -0.15) is 0 Å². The molecule has 0 fully saturated rings. The number of nitrogens with zero attached hydrogens (tertiary/aromatic N) is 2. The second-order valence-corrected chi connectivity index (χ2v) is 8.92. The van der Waals surface area contributed by atoms with E-state index in [2.05, 4.69) is 4.99 Å². The summed E-state index contributed by atoms with van der Waals surface area (Å²) in [5.41, 5.74) is 2.20. The number of hydrogen-bond donors (Lipinski definition) is 0. The smallest absolute Gasteiger partial charge is 0.338 e. The third-order valence-corrected chi connectivity index (χ3v) is 6.67. The predicted molar refractivity (Wildman–Crippen MR) is 141 cm³/mol. The Morgan fingerprint density at radius 2 is 1.89 bits per heavy atom. The molecule has 1 aliphatic heterocycles. The SMILES string of the molecule is CCOC(=O)C1=C(C)N=c2s/c(=C/C=C/c3ccccc3)c(=O)n2[C@H]1c1cccc(OC)c1OCC. The van der Waals surface area contributed by atoms with Crippen LogP contribution in [0.3, 0.4) is 0 Å². The van der Waals surface area contributed by atoms with Gasteiger partial charge < -0.3 is 14.2 Å². The Kier molecular flexibility index (Phi) is 7.85. The lowest BCUT2D eigenvalue weighted by Gasteiger charge is -2.26. The molecule has 2 aromatic carbocycles. The highest BCUT2D eigenvalue weighted by Gasteiger charge is 2.35. The van der Waals surface area contributed by atoms with Crippen LogP contribution in [0.15, 0.2) is 75.7 Å². The molecule has 8 heteroatoms. The van der Waals surface area contributed by atoms with Crippen molar-refractivity contribution < 1.29 is 19.0 Å². The monoisotopic (exact) mass is 504 g/mol. The lowest BCUT2D eigenvalue weighted by Crippen LogP contribution is -2.40. The number of rotatable bonds is 8. The minimum absolute atomic E-state index is 0.202. The number of carbonyl (C=O) groups excluding carboxylic acids is 1. The van der Waals surface area contributed by atoms with Crippen molar-refractivity contribution in [2.24, 2.45) is 4.99 Å². The van der Waals surface area contributed by atoms with E-state index in [4.69, 9.17) is 14.2 Å². The van der Waals surface area contributed by atoms with E-state index in [1.54, 1.807) is 37.7 Å². The highest BCUT2D eigenvalue weighted by Crippen LogP contribution is 2.40. The molecule has 0 spiro atoms. The van der Waals surface area contributed by atoms with Crippen molar-refractivity contribution in [3.05, 3.63) is 96.7 Å². The number of ether oxygens (including phenoxy) is 3. The maximum Gasteiger partial charge on any atom is 0.338 e. The molecule has 7 nitrogen and oxygen atoms in total. The lowest BCUT2D eigenvalue weighted by atomic mass is 9.94. The van der Waals surface area contributed by atoms with E-state index in [1.165, 1.54) is 11.3 Å². The molecule has 0 amide bonds. The molecular formula is C28H28N2O5S. The Bertz CT molecular complexity index is 1500. The number of fused-ring (bicyclic) bond motifs is 1. The molecule has 0 bridgehead atoms. The molecule has 4 rings (SSSR count). The summed E-state index contributed by atoms with van der Waals surface area (Å²) in [6, 6.07) is 14.5. The van der Waals surface area contributed by atoms with Gasteiger partial charge in [0.2, 0.25) is 0 Å². The van der Waals surface area contributed by atoms with Gasteiger partial charge in [-0.3, -0.25) is 9.36 Å². The van der Waals surface area contributed by atoms with Gasteiger partial charge in [0.15, 0.2) is 16.3 Å². The third-order valence-electron chi connectivity index (χ3n) is 5.67. The summed E-state index contributed by atoms with van der Waals surface area (Å²) in [6.07, 6.45) is 5.54. The Labute approximate surface area is 213 Å². The first-order chi connectivity index (χ1) is 17.5. The lowest BCUT2D eigenvalue weighted by molar-refractivity contribution is -0.139. The van der Waals surface area contributed by atoms with Crippen molar-refractivity contribution in [3.8, 4) is 11.5 Å². The topological polar surface area (TPSA) is 79.1 Å². The first kappa shape index (κ1) is 25.2. The van der Waals surface area contributed by atoms with E-state index < -0.39 is 12.0 Å². The summed E-state index contributed by atoms with van der Waals surface area (Å²) >= 11 is 1.27. The van der Waals surface area contributed by atoms with Crippen molar-refractivity contribution in [2.45, 2.75) is 26.8 Å². The van der Waals surface area contributed by atoms with Crippen molar-refractivity contribution in [3.63, 3.8) is 0 Å². The normalized spacial score (nSPS) is 15.6. The summed E-state index contributed by atoms with van der Waals surface area (Å²) in [7, 11) is 1.56. The van der Waals surface area contributed by atoms with E-state index in [9.17, 15) is 9.59 Å². The summed E-state index contributed by atoms with van der Waals surface area (Å²) in [5.74, 6) is 0.468. The first-order valence-corrected chi connectivity index (χ1v) is 12.5. The molecule has 0 saturated carbocycles. The minimum atomic E-state index is -0.780. The third kappa shape index (κ3) is 4.90. The summed E-state index contributed by atoms with van der Waals surface area (Å²) in [4.78, 5) is 31.9. The van der Waals surface area contributed by atoms with Gasteiger partial charge in [-0.25, -0.2) is 9.79 Å². The van der Waals surface area contributed by atoms with Gasteiger partial charge in [-0.15, -0.1) is 0 Å². The molecule has 0 radical (unpaired) electrons. The molecule has 2 heterocycles. The van der Waals surface area contributed by atoms with Crippen LogP contribution in [0.1, 0.15) is 37.9 Å². The first-order valence-electron chi connectivity index (χ1n) is 11.7. The van der Waals surface area contributed by atoms with E-state index in [0.29, 0.717) is 44.3 Å². The average molecular weight is 505 g/mol. The predicted octanol–water partition coefficient (Wildman–Crippen LogP) is 3.87. The van der Waals surface area contributed by atoms with E-state index >= 15 is 0 Å². The van der Waals surface area contributed by atoms with Gasteiger partial charge in [0.1, 0.15) is 6.04 Å². The second-order valence-electron chi connectivity index (χ2n) is 7.91. The average Bonchev–Trinajstić information content (AvgIpc) is 3.19. The second kappa shape index (κ2) is 11.2. The quantitative estimate of drug-likeness (QED) is 0.435. The number of aromatic nitrogens is 1. The number of para-hydroxylation sites is 1. The van der Waals surface area contributed by atoms with Crippen LogP contribution in [0.25, 0.3) is 12.2 Å². The molecule has 36 heavy (non-hydrogen) atoms. The van der Waals surface area contributed by atoms with Crippen LogP contribution in [-0.2, 0) is 9.53 Å². The van der Waals surface area contributed by atoms with Crippen molar-refractivity contribution in [1.29, 1.82) is 0 Å². The van der Waals surface area contributed by atoms with Gasteiger partial charge >= 0.3 is 5.97 Å². The molecule has 1 aromatic heterocycles. The zero-order chi connectivity index (χ0) is 25.7. The summed E-state index contributed by atoms with van der Waals surface area (Å²) in [6.45, 7) is 5.96. The molecule has 1 aliphatic rings. The maximum atomic E-state index is 13.7. The minimum Gasteiger partial charge on any atom is -0.493 e. The van der Waals surface area contributed by atoms with Crippen molar-refractivity contribution in [1.82, 2.24) is 4.57 Å². The number of benzene rings is 2. The molecule has 0 N–H and O–H groups in total. The van der Waals surface area contributed by atoms with Gasteiger partial charge in [-0.05, 0) is 38.5 Å². The highest BCUT2D eigenvalue weighted by atomic mass is 32.1. The van der Waals surface area contributed by atoms with Crippen LogP contribution in [0.5, 0.6) is 11.5 Å². The van der Waals surface area contributed by atoms with Crippen molar-refractivity contribution >= 4 is 29.5 Å². The van der Waals surface area contributed by atoms with Crippen LogP contribution in [0.2, 0.25) is 0 Å². The van der Waals surface area contributed by atoms with Crippen molar-refractivity contribution in [2.75, 3.05) is 20.3 Å². The van der Waals surface area contributed by atoms with E-state index in [0.717, 1.165) is 5.56 Å². The number of esters is 1. The molecule has 3 aromatic rings. The summed E-state index contributed by atoms with van der Waals surface area (Å²) < 4.78 is 18.9. The van der Waals surface area contributed by atoms with Gasteiger partial charge in [0, 0.05) is 5.56 Å². The van der Waals surface area contributed by atoms with Gasteiger partial charge in [0.25, 0.3) is 5.56 Å². The largest absolute Gasteiger partial charge is 0.493 e. The summed E-state index contributed by atoms with van der Waals surface area (Å²) in [5, 5.41) is 0. The fraction of sp³-hybridized carbons (Fsp3) is 0.250. The van der Waals surface area contributed by atoms with Crippen LogP contribution < -0.4 is 24.4 Å². The van der Waals surface area contributed by atoms with Crippen LogP contribution in [0.4, 0.5) is 0 Å². The number of hydrogen-bond acceptors (Lipinski definition) is 7. The Balaban J connectivity index is 1.93. The Morgan fingerprint density at radius 3 is 2.58 bits per heavy atom. The zero-order valence-corrected chi connectivity index (χ0v) is 21.5. The number of carbonyl (C=O) groups is 1. The molecular weight excluding hydrogens is 476 g/mol. The Hall–Kier alpha value is -3.91. The van der Waals surface area contributed by atoms with Crippen LogP contribution in [0, 0.1) is 0 Å². The molecule has 186 valence electrons. The Morgan fingerprint density at radius 1 is 1.11 bits per heavy atom. The highest BCUT2D eigenvalue weighted by molar-refractivity contribution is 7.07. The van der Waals surface area contributed by atoms with Crippen LogP contribution >= 0.6 is 11.3 Å². The maximum absolute atomic E-state index is 13.7. The molecule has 0 aliphatic carbocycles. The number of allylic oxidation sites excluding steroid dienone is 2. The fourth-order valence-corrected chi connectivity index (χ4v) is 5.12.